The van der Waals surface area contributed by atoms with Crippen molar-refractivity contribution in [3.05, 3.63) is 29.8 Å². The van der Waals surface area contributed by atoms with Gasteiger partial charge in [0.1, 0.15) is 0 Å². The molecule has 0 aliphatic carbocycles. The third kappa shape index (κ3) is 6.36. The van der Waals surface area contributed by atoms with Crippen molar-refractivity contribution in [2.24, 2.45) is 0 Å². The van der Waals surface area contributed by atoms with E-state index in [0.29, 0.717) is 10.6 Å². The van der Waals surface area contributed by atoms with Crippen LogP contribution in [-0.2, 0) is 20.3 Å². The Morgan fingerprint density at radius 1 is 1.16 bits per heavy atom. The normalized spacial score (nSPS) is 11.0. The van der Waals surface area contributed by atoms with Crippen LogP contribution in [0.5, 0.6) is 0 Å². The minimum absolute atomic E-state index is 0.128. The molecule has 132 valence electrons. The number of hydrogen-bond acceptors (Lipinski definition) is 6. The Labute approximate surface area is 149 Å². The summed E-state index contributed by atoms with van der Waals surface area (Å²) in [5, 5.41) is 17.3. The van der Waals surface area contributed by atoms with E-state index in [1.54, 1.807) is 25.1 Å². The number of ether oxygens (including phenoxy) is 1. The van der Waals surface area contributed by atoms with Crippen molar-refractivity contribution >= 4 is 22.7 Å². The lowest BCUT2D eigenvalue weighted by Crippen LogP contribution is -2.36. The largest absolute Gasteiger partial charge is 0.452 e. The molecular formula is C17H19N3O4S. The smallest absolute Gasteiger partial charge is 0.339 e. The van der Waals surface area contributed by atoms with E-state index in [-0.39, 0.29) is 31.5 Å². The van der Waals surface area contributed by atoms with E-state index in [9.17, 15) is 13.8 Å². The van der Waals surface area contributed by atoms with Crippen LogP contribution >= 0.6 is 0 Å². The maximum Gasteiger partial charge on any atom is 0.339 e. The number of amides is 1. The lowest BCUT2D eigenvalue weighted by Gasteiger charge is -2.20. The van der Waals surface area contributed by atoms with Gasteiger partial charge < -0.3 is 9.64 Å². The number of nitrogens with zero attached hydrogens (tertiary/aromatic N) is 3. The van der Waals surface area contributed by atoms with Crippen molar-refractivity contribution in [2.45, 2.75) is 24.7 Å². The SMILES string of the molecule is CCS(=O)c1ccccc1C(=O)OCC(=O)N(CCC#N)CCC#N. The molecule has 1 unspecified atom stereocenters. The number of esters is 1. The molecule has 0 bridgehead atoms. The molecule has 0 saturated heterocycles. The Kier molecular flexibility index (Phi) is 8.91. The number of benzene rings is 1. The summed E-state index contributed by atoms with van der Waals surface area (Å²) in [5.74, 6) is -0.849. The van der Waals surface area contributed by atoms with E-state index in [2.05, 4.69) is 0 Å². The highest BCUT2D eigenvalue weighted by Crippen LogP contribution is 2.15. The Balaban J connectivity index is 2.75. The lowest BCUT2D eigenvalue weighted by molar-refractivity contribution is -0.134. The predicted octanol–water partition coefficient (Wildman–Crippen LogP) is 1.63. The van der Waals surface area contributed by atoms with Gasteiger partial charge in [-0.3, -0.25) is 9.00 Å². The van der Waals surface area contributed by atoms with Gasteiger partial charge in [0.05, 0.1) is 46.2 Å². The number of nitriles is 2. The predicted molar refractivity (Wildman–Crippen MR) is 90.7 cm³/mol. The van der Waals surface area contributed by atoms with Gasteiger partial charge in [0.25, 0.3) is 5.91 Å². The van der Waals surface area contributed by atoms with Crippen molar-refractivity contribution in [1.29, 1.82) is 10.5 Å². The zero-order valence-corrected chi connectivity index (χ0v) is 14.8. The highest BCUT2D eigenvalue weighted by atomic mass is 32.2. The first-order valence-electron chi connectivity index (χ1n) is 7.71. The third-order valence-electron chi connectivity index (χ3n) is 3.28. The van der Waals surface area contributed by atoms with E-state index in [1.807, 2.05) is 12.1 Å². The third-order valence-corrected chi connectivity index (χ3v) is 4.65. The molecule has 0 spiro atoms. The summed E-state index contributed by atoms with van der Waals surface area (Å²) in [6.07, 6.45) is 0.257. The molecule has 8 heteroatoms. The summed E-state index contributed by atoms with van der Waals surface area (Å²) in [4.78, 5) is 26.0. The summed E-state index contributed by atoms with van der Waals surface area (Å²) in [7, 11) is -1.32. The minimum atomic E-state index is -1.32. The maximum atomic E-state index is 12.2. The van der Waals surface area contributed by atoms with Crippen LogP contribution in [0.2, 0.25) is 0 Å². The molecule has 0 aromatic heterocycles. The summed E-state index contributed by atoms with van der Waals surface area (Å²) in [5.41, 5.74) is 0.163. The molecule has 0 saturated carbocycles. The van der Waals surface area contributed by atoms with Crippen LogP contribution in [0.15, 0.2) is 29.2 Å². The molecule has 1 aromatic rings. The Morgan fingerprint density at radius 2 is 1.76 bits per heavy atom. The van der Waals surface area contributed by atoms with E-state index < -0.39 is 29.3 Å². The van der Waals surface area contributed by atoms with Crippen LogP contribution in [0, 0.1) is 22.7 Å². The molecule has 1 rings (SSSR count). The van der Waals surface area contributed by atoms with Crippen molar-refractivity contribution in [3.63, 3.8) is 0 Å². The second-order valence-electron chi connectivity index (χ2n) is 4.90. The number of carbonyl (C=O) groups is 2. The van der Waals surface area contributed by atoms with Crippen molar-refractivity contribution in [1.82, 2.24) is 4.90 Å². The maximum absolute atomic E-state index is 12.2. The zero-order valence-electron chi connectivity index (χ0n) is 13.9. The fraction of sp³-hybridized carbons (Fsp3) is 0.412. The number of carbonyl (C=O) groups excluding carboxylic acids is 2. The zero-order chi connectivity index (χ0) is 18.7. The molecule has 1 amide bonds. The number of hydrogen-bond donors (Lipinski definition) is 0. The van der Waals surface area contributed by atoms with Crippen molar-refractivity contribution in [2.75, 3.05) is 25.4 Å². The molecule has 0 heterocycles. The topological polar surface area (TPSA) is 111 Å². The average molecular weight is 361 g/mol. The van der Waals surface area contributed by atoms with Gasteiger partial charge in [-0.05, 0) is 12.1 Å². The first kappa shape index (κ1) is 20.3. The Bertz CT molecular complexity index is 703. The molecule has 25 heavy (non-hydrogen) atoms. The van der Waals surface area contributed by atoms with Gasteiger partial charge in [-0.2, -0.15) is 10.5 Å². The first-order valence-corrected chi connectivity index (χ1v) is 9.03. The van der Waals surface area contributed by atoms with Crippen LogP contribution in [0.3, 0.4) is 0 Å². The van der Waals surface area contributed by atoms with Gasteiger partial charge in [-0.25, -0.2) is 4.79 Å². The first-order chi connectivity index (χ1) is 12.0. The molecule has 0 radical (unpaired) electrons. The van der Waals surface area contributed by atoms with Crippen molar-refractivity contribution in [3.8, 4) is 12.1 Å². The van der Waals surface area contributed by atoms with Gasteiger partial charge in [-0.1, -0.05) is 19.1 Å². The van der Waals surface area contributed by atoms with Crippen LogP contribution in [0.1, 0.15) is 30.1 Å². The van der Waals surface area contributed by atoms with Gasteiger partial charge in [0.15, 0.2) is 6.61 Å². The second-order valence-corrected chi connectivity index (χ2v) is 6.61. The summed E-state index contributed by atoms with van der Waals surface area (Å²) < 4.78 is 17.0. The van der Waals surface area contributed by atoms with Gasteiger partial charge in [0.2, 0.25) is 0 Å². The second kappa shape index (κ2) is 11.0. The fourth-order valence-corrected chi connectivity index (χ4v) is 2.95. The van der Waals surface area contributed by atoms with Crippen LogP contribution < -0.4 is 0 Å². The van der Waals surface area contributed by atoms with Crippen molar-refractivity contribution < 1.29 is 18.5 Å². The molecule has 0 fully saturated rings. The highest BCUT2D eigenvalue weighted by Gasteiger charge is 2.19. The standard InChI is InChI=1S/C17H19N3O4S/c1-2-25(23)15-8-4-3-7-14(15)17(22)24-13-16(21)20(11-5-9-18)12-6-10-19/h3-4,7-8H,2,5-6,11-13H2,1H3. The van der Waals surface area contributed by atoms with E-state index >= 15 is 0 Å². The quantitative estimate of drug-likeness (QED) is 0.618. The Hall–Kier alpha value is -2.71. The molecule has 0 aliphatic rings. The molecule has 7 nitrogen and oxygen atoms in total. The van der Waals surface area contributed by atoms with Crippen LogP contribution in [0.4, 0.5) is 0 Å². The molecule has 0 aliphatic heterocycles. The summed E-state index contributed by atoms with van der Waals surface area (Å²) >= 11 is 0. The van der Waals surface area contributed by atoms with Gasteiger partial charge >= 0.3 is 5.97 Å². The fourth-order valence-electron chi connectivity index (χ4n) is 2.02. The van der Waals surface area contributed by atoms with E-state index in [0.717, 1.165) is 0 Å². The average Bonchev–Trinajstić information content (AvgIpc) is 2.65. The van der Waals surface area contributed by atoms with E-state index in [4.69, 9.17) is 15.3 Å². The van der Waals surface area contributed by atoms with Gasteiger partial charge in [0, 0.05) is 18.8 Å². The van der Waals surface area contributed by atoms with Gasteiger partial charge in [-0.15, -0.1) is 0 Å². The minimum Gasteiger partial charge on any atom is -0.452 e. The molecular weight excluding hydrogens is 342 g/mol. The highest BCUT2D eigenvalue weighted by molar-refractivity contribution is 7.85. The summed E-state index contributed by atoms with van der Waals surface area (Å²) in [6, 6.07) is 10.2. The monoisotopic (exact) mass is 361 g/mol. The number of rotatable bonds is 9. The van der Waals surface area contributed by atoms with Crippen LogP contribution in [0.25, 0.3) is 0 Å². The molecule has 1 aromatic carbocycles. The summed E-state index contributed by atoms with van der Waals surface area (Å²) in [6.45, 7) is 1.59. The van der Waals surface area contributed by atoms with E-state index in [1.165, 1.54) is 11.0 Å². The lowest BCUT2D eigenvalue weighted by atomic mass is 10.2. The molecule has 1 atom stereocenters. The van der Waals surface area contributed by atoms with Crippen LogP contribution in [-0.4, -0.2) is 46.4 Å². The molecule has 0 N–H and O–H groups in total. The Morgan fingerprint density at radius 3 is 2.32 bits per heavy atom.